The van der Waals surface area contributed by atoms with E-state index in [-0.39, 0.29) is 4.90 Å². The lowest BCUT2D eigenvalue weighted by Gasteiger charge is -2.33. The Balaban J connectivity index is 3.24. The predicted molar refractivity (Wildman–Crippen MR) is 72.1 cm³/mol. The Morgan fingerprint density at radius 2 is 1.75 bits per heavy atom. The number of methoxy groups -OCH3 is 1. The highest BCUT2D eigenvalue weighted by Gasteiger charge is 2.35. The second kappa shape index (κ2) is 5.88. The SMILES string of the molecule is COC(=O)CN(C(C)(C)C)S(=O)(=O)c1ccc(F)cc1. The number of esters is 1. The van der Waals surface area contributed by atoms with Crippen LogP contribution in [0.25, 0.3) is 0 Å². The third kappa shape index (κ3) is 3.77. The topological polar surface area (TPSA) is 63.7 Å². The summed E-state index contributed by atoms with van der Waals surface area (Å²) in [5.74, 6) is -1.19. The number of carbonyl (C=O) groups is 1. The molecule has 1 aromatic rings. The fourth-order valence-corrected chi connectivity index (χ4v) is 3.33. The smallest absolute Gasteiger partial charge is 0.321 e. The van der Waals surface area contributed by atoms with Gasteiger partial charge in [-0.2, -0.15) is 4.31 Å². The normalized spacial score (nSPS) is 12.5. The van der Waals surface area contributed by atoms with Crippen LogP contribution < -0.4 is 0 Å². The zero-order valence-electron chi connectivity index (χ0n) is 11.9. The Labute approximate surface area is 118 Å². The molecular formula is C13H18FNO4S. The van der Waals surface area contributed by atoms with Crippen molar-refractivity contribution in [3.63, 3.8) is 0 Å². The lowest BCUT2D eigenvalue weighted by atomic mass is 10.1. The highest BCUT2D eigenvalue weighted by molar-refractivity contribution is 7.89. The molecule has 0 amide bonds. The van der Waals surface area contributed by atoms with Gasteiger partial charge in [0, 0.05) is 5.54 Å². The van der Waals surface area contributed by atoms with E-state index in [1.165, 1.54) is 19.2 Å². The van der Waals surface area contributed by atoms with E-state index in [1.807, 2.05) is 0 Å². The van der Waals surface area contributed by atoms with Crippen LogP contribution in [0.15, 0.2) is 29.2 Å². The van der Waals surface area contributed by atoms with Crippen molar-refractivity contribution in [3.8, 4) is 0 Å². The fourth-order valence-electron chi connectivity index (χ4n) is 1.60. The van der Waals surface area contributed by atoms with Gasteiger partial charge in [-0.25, -0.2) is 12.8 Å². The minimum atomic E-state index is -3.91. The second-order valence-electron chi connectivity index (χ2n) is 5.21. The summed E-state index contributed by atoms with van der Waals surface area (Å²) in [5.41, 5.74) is -0.818. The Bertz CT molecular complexity index is 575. The monoisotopic (exact) mass is 303 g/mol. The van der Waals surface area contributed by atoms with Gasteiger partial charge in [0.15, 0.2) is 0 Å². The van der Waals surface area contributed by atoms with Crippen molar-refractivity contribution < 1.29 is 22.3 Å². The molecule has 0 heterocycles. The molecule has 0 spiro atoms. The zero-order chi connectivity index (χ0) is 15.6. The average Bonchev–Trinajstić information content (AvgIpc) is 2.34. The number of nitrogens with zero attached hydrogens (tertiary/aromatic N) is 1. The predicted octanol–water partition coefficient (Wildman–Crippen LogP) is 1.79. The molecule has 0 fully saturated rings. The zero-order valence-corrected chi connectivity index (χ0v) is 12.7. The number of hydrogen-bond donors (Lipinski definition) is 0. The van der Waals surface area contributed by atoms with Gasteiger partial charge in [0.2, 0.25) is 10.0 Å². The molecule has 0 N–H and O–H groups in total. The van der Waals surface area contributed by atoms with Crippen LogP contribution in [0.4, 0.5) is 4.39 Å². The van der Waals surface area contributed by atoms with E-state index < -0.39 is 33.9 Å². The molecule has 0 bridgehead atoms. The van der Waals surface area contributed by atoms with Gasteiger partial charge in [0.25, 0.3) is 0 Å². The number of ether oxygens (including phenoxy) is 1. The third-order valence-electron chi connectivity index (χ3n) is 2.65. The molecule has 0 unspecified atom stereocenters. The van der Waals surface area contributed by atoms with Gasteiger partial charge in [-0.3, -0.25) is 4.79 Å². The average molecular weight is 303 g/mol. The van der Waals surface area contributed by atoms with Crippen LogP contribution in [-0.2, 0) is 19.6 Å². The molecule has 0 aromatic heterocycles. The van der Waals surface area contributed by atoms with Crippen molar-refractivity contribution in [2.24, 2.45) is 0 Å². The summed E-state index contributed by atoms with van der Waals surface area (Å²) >= 11 is 0. The summed E-state index contributed by atoms with van der Waals surface area (Å²) in [4.78, 5) is 11.3. The first kappa shape index (κ1) is 16.6. The number of rotatable bonds is 4. The van der Waals surface area contributed by atoms with Crippen LogP contribution in [0.2, 0.25) is 0 Å². The lowest BCUT2D eigenvalue weighted by Crippen LogP contribution is -2.48. The van der Waals surface area contributed by atoms with Crippen LogP contribution in [0.5, 0.6) is 0 Å². The Morgan fingerprint density at radius 1 is 1.25 bits per heavy atom. The molecule has 0 aliphatic carbocycles. The van der Waals surface area contributed by atoms with Crippen molar-refractivity contribution in [1.82, 2.24) is 4.31 Å². The summed E-state index contributed by atoms with van der Waals surface area (Å²) in [6.07, 6.45) is 0. The minimum absolute atomic E-state index is 0.0715. The quantitative estimate of drug-likeness (QED) is 0.796. The molecule has 5 nitrogen and oxygen atoms in total. The number of hydrogen-bond acceptors (Lipinski definition) is 4. The maximum atomic E-state index is 12.9. The molecule has 1 rings (SSSR count). The first-order valence-electron chi connectivity index (χ1n) is 5.94. The molecule has 1 aromatic carbocycles. The number of sulfonamides is 1. The maximum absolute atomic E-state index is 12.9. The van der Waals surface area contributed by atoms with Gasteiger partial charge in [-0.15, -0.1) is 0 Å². The standard InChI is InChI=1S/C13H18FNO4S/c1-13(2,3)15(9-12(16)19-4)20(17,18)11-7-5-10(14)6-8-11/h5-8H,9H2,1-4H3. The van der Waals surface area contributed by atoms with Crippen LogP contribution in [0.3, 0.4) is 0 Å². The second-order valence-corrected chi connectivity index (χ2v) is 7.07. The van der Waals surface area contributed by atoms with Crippen LogP contribution in [0.1, 0.15) is 20.8 Å². The van der Waals surface area contributed by atoms with E-state index in [4.69, 9.17) is 0 Å². The van der Waals surface area contributed by atoms with E-state index in [9.17, 15) is 17.6 Å². The van der Waals surface area contributed by atoms with Gasteiger partial charge in [0.05, 0.1) is 12.0 Å². The largest absolute Gasteiger partial charge is 0.468 e. The summed E-state index contributed by atoms with van der Waals surface area (Å²) in [5, 5.41) is 0. The highest BCUT2D eigenvalue weighted by Crippen LogP contribution is 2.24. The van der Waals surface area contributed by atoms with Gasteiger partial charge in [-0.1, -0.05) is 0 Å². The van der Waals surface area contributed by atoms with Crippen molar-refractivity contribution in [1.29, 1.82) is 0 Å². The number of benzene rings is 1. The van der Waals surface area contributed by atoms with Crippen molar-refractivity contribution in [3.05, 3.63) is 30.1 Å². The van der Waals surface area contributed by atoms with E-state index >= 15 is 0 Å². The molecular weight excluding hydrogens is 285 g/mol. The van der Waals surface area contributed by atoms with Crippen molar-refractivity contribution in [2.45, 2.75) is 31.2 Å². The van der Waals surface area contributed by atoms with E-state index in [0.717, 1.165) is 16.4 Å². The highest BCUT2D eigenvalue weighted by atomic mass is 32.2. The van der Waals surface area contributed by atoms with Crippen LogP contribution >= 0.6 is 0 Å². The molecule has 0 aliphatic rings. The first-order chi connectivity index (χ1) is 9.09. The van der Waals surface area contributed by atoms with E-state index in [2.05, 4.69) is 4.74 Å². The van der Waals surface area contributed by atoms with Crippen LogP contribution in [0, 0.1) is 5.82 Å². The molecule has 0 aliphatic heterocycles. The van der Waals surface area contributed by atoms with E-state index in [1.54, 1.807) is 20.8 Å². The molecule has 0 saturated heterocycles. The summed E-state index contributed by atoms with van der Waals surface area (Å²) in [7, 11) is -2.73. The summed E-state index contributed by atoms with van der Waals surface area (Å²) < 4.78 is 43.5. The molecule has 0 saturated carbocycles. The van der Waals surface area contributed by atoms with Crippen LogP contribution in [-0.4, -0.2) is 37.9 Å². The number of halogens is 1. The molecule has 20 heavy (non-hydrogen) atoms. The van der Waals surface area contributed by atoms with Crippen molar-refractivity contribution in [2.75, 3.05) is 13.7 Å². The molecule has 7 heteroatoms. The third-order valence-corrected chi connectivity index (χ3v) is 4.78. The van der Waals surface area contributed by atoms with E-state index in [0.29, 0.717) is 0 Å². The van der Waals surface area contributed by atoms with Gasteiger partial charge >= 0.3 is 5.97 Å². The molecule has 0 atom stereocenters. The van der Waals surface area contributed by atoms with Gasteiger partial charge < -0.3 is 4.74 Å². The fraction of sp³-hybridized carbons (Fsp3) is 0.462. The van der Waals surface area contributed by atoms with Gasteiger partial charge in [0.1, 0.15) is 12.4 Å². The Hall–Kier alpha value is -1.47. The minimum Gasteiger partial charge on any atom is -0.468 e. The lowest BCUT2D eigenvalue weighted by molar-refractivity contribution is -0.141. The number of carbonyl (C=O) groups excluding carboxylic acids is 1. The Morgan fingerprint density at radius 3 is 2.15 bits per heavy atom. The molecule has 112 valence electrons. The summed E-state index contributed by atoms with van der Waals surface area (Å²) in [6, 6.07) is 4.46. The Kier molecular flexibility index (Phi) is 4.88. The summed E-state index contributed by atoms with van der Waals surface area (Å²) in [6.45, 7) is 4.59. The first-order valence-corrected chi connectivity index (χ1v) is 7.38. The molecule has 0 radical (unpaired) electrons. The van der Waals surface area contributed by atoms with Crippen molar-refractivity contribution >= 4 is 16.0 Å². The van der Waals surface area contributed by atoms with Gasteiger partial charge in [-0.05, 0) is 45.0 Å². The maximum Gasteiger partial charge on any atom is 0.321 e.